The van der Waals surface area contributed by atoms with Gasteiger partial charge in [-0.1, -0.05) is 41.7 Å². The first-order valence-corrected chi connectivity index (χ1v) is 7.17. The molecular formula is C15H14N2O3S. The fourth-order valence-corrected chi connectivity index (χ4v) is 2.22. The predicted octanol–water partition coefficient (Wildman–Crippen LogP) is 2.97. The third kappa shape index (κ3) is 4.54. The van der Waals surface area contributed by atoms with Gasteiger partial charge in [0, 0.05) is 6.08 Å². The fraction of sp³-hybridized carbons (Fsp3) is 0.133. The lowest BCUT2D eigenvalue weighted by molar-refractivity contribution is -0.111. The Morgan fingerprint density at radius 3 is 2.81 bits per heavy atom. The lowest BCUT2D eigenvalue weighted by Crippen LogP contribution is -2.07. The number of esters is 1. The van der Waals surface area contributed by atoms with E-state index in [1.165, 1.54) is 12.3 Å². The number of thiazole rings is 1. The number of hydrogen-bond donors (Lipinski definition) is 1. The second-order valence-corrected chi connectivity index (χ2v) is 5.01. The van der Waals surface area contributed by atoms with E-state index in [2.05, 4.69) is 10.3 Å². The molecule has 0 aliphatic heterocycles. The summed E-state index contributed by atoms with van der Waals surface area (Å²) < 4.78 is 4.86. The van der Waals surface area contributed by atoms with Crippen LogP contribution in [0.3, 0.4) is 0 Å². The maximum Gasteiger partial charge on any atom is 0.350 e. The molecule has 1 aromatic carbocycles. The number of rotatable bonds is 5. The van der Waals surface area contributed by atoms with Crippen molar-refractivity contribution in [1.29, 1.82) is 0 Å². The van der Waals surface area contributed by atoms with Crippen molar-refractivity contribution >= 4 is 34.4 Å². The van der Waals surface area contributed by atoms with Crippen LogP contribution in [-0.2, 0) is 9.53 Å². The van der Waals surface area contributed by atoms with Crippen molar-refractivity contribution in [2.75, 3.05) is 11.9 Å². The van der Waals surface area contributed by atoms with E-state index < -0.39 is 5.97 Å². The average molecular weight is 302 g/mol. The molecule has 0 aliphatic rings. The number of carbonyl (C=O) groups is 2. The molecule has 1 amide bonds. The molecule has 1 heterocycles. The summed E-state index contributed by atoms with van der Waals surface area (Å²) in [4.78, 5) is 27.5. The minimum atomic E-state index is -0.435. The summed E-state index contributed by atoms with van der Waals surface area (Å²) in [6, 6.07) is 9.48. The molecule has 2 aromatic rings. The normalized spacial score (nSPS) is 10.5. The number of hydrogen-bond acceptors (Lipinski definition) is 5. The van der Waals surface area contributed by atoms with Gasteiger partial charge in [0.15, 0.2) is 5.13 Å². The molecule has 0 saturated heterocycles. The van der Waals surface area contributed by atoms with E-state index in [1.807, 2.05) is 30.3 Å². The highest BCUT2D eigenvalue weighted by Gasteiger charge is 2.12. The van der Waals surface area contributed by atoms with Crippen molar-refractivity contribution in [2.24, 2.45) is 0 Å². The Morgan fingerprint density at radius 2 is 2.10 bits per heavy atom. The Hall–Kier alpha value is -2.47. The molecular weight excluding hydrogens is 288 g/mol. The van der Waals surface area contributed by atoms with Gasteiger partial charge in [-0.15, -0.1) is 0 Å². The summed E-state index contributed by atoms with van der Waals surface area (Å²) in [6.45, 7) is 2.04. The van der Waals surface area contributed by atoms with E-state index in [9.17, 15) is 9.59 Å². The van der Waals surface area contributed by atoms with Gasteiger partial charge in [-0.05, 0) is 18.6 Å². The van der Waals surface area contributed by atoms with Gasteiger partial charge in [-0.2, -0.15) is 0 Å². The van der Waals surface area contributed by atoms with Crippen LogP contribution >= 0.6 is 11.3 Å². The van der Waals surface area contributed by atoms with E-state index in [4.69, 9.17) is 4.74 Å². The minimum Gasteiger partial charge on any atom is -0.462 e. The highest BCUT2D eigenvalue weighted by Crippen LogP contribution is 2.19. The molecule has 21 heavy (non-hydrogen) atoms. The highest BCUT2D eigenvalue weighted by molar-refractivity contribution is 7.17. The van der Waals surface area contributed by atoms with Crippen LogP contribution in [0, 0.1) is 0 Å². The molecule has 0 unspecified atom stereocenters. The van der Waals surface area contributed by atoms with Gasteiger partial charge in [-0.25, -0.2) is 9.78 Å². The Labute approximate surface area is 126 Å². The van der Waals surface area contributed by atoms with Crippen molar-refractivity contribution < 1.29 is 14.3 Å². The Balaban J connectivity index is 1.94. The zero-order chi connectivity index (χ0) is 15.1. The van der Waals surface area contributed by atoms with Gasteiger partial charge in [0.05, 0.1) is 12.8 Å². The third-order valence-electron chi connectivity index (χ3n) is 2.44. The average Bonchev–Trinajstić information content (AvgIpc) is 2.95. The van der Waals surface area contributed by atoms with E-state index in [0.29, 0.717) is 16.6 Å². The number of anilines is 1. The van der Waals surface area contributed by atoms with Crippen molar-refractivity contribution in [3.8, 4) is 0 Å². The summed E-state index contributed by atoms with van der Waals surface area (Å²) in [7, 11) is 0. The van der Waals surface area contributed by atoms with Crippen LogP contribution in [0.15, 0.2) is 42.6 Å². The molecule has 108 valence electrons. The Morgan fingerprint density at radius 1 is 1.33 bits per heavy atom. The lowest BCUT2D eigenvalue weighted by atomic mass is 10.2. The van der Waals surface area contributed by atoms with E-state index >= 15 is 0 Å². The SMILES string of the molecule is CCOC(=O)c1cnc(NC(=O)/C=C/c2ccccc2)s1. The van der Waals surface area contributed by atoms with Crippen LogP contribution < -0.4 is 5.32 Å². The number of ether oxygens (including phenoxy) is 1. The maximum absolute atomic E-state index is 11.7. The van der Waals surface area contributed by atoms with Gasteiger partial charge < -0.3 is 4.74 Å². The molecule has 0 saturated carbocycles. The van der Waals surface area contributed by atoms with Crippen molar-refractivity contribution in [3.05, 3.63) is 53.0 Å². The zero-order valence-corrected chi connectivity index (χ0v) is 12.2. The Bertz CT molecular complexity index is 650. The lowest BCUT2D eigenvalue weighted by Gasteiger charge is -1.97. The standard InChI is InChI=1S/C15H14N2O3S/c1-2-20-14(19)12-10-16-15(21-12)17-13(18)9-8-11-6-4-3-5-7-11/h3-10H,2H2,1H3,(H,16,17,18)/b9-8+. The van der Waals surface area contributed by atoms with Gasteiger partial charge in [0.1, 0.15) is 4.88 Å². The van der Waals surface area contributed by atoms with E-state index in [1.54, 1.807) is 13.0 Å². The smallest absolute Gasteiger partial charge is 0.350 e. The molecule has 6 heteroatoms. The molecule has 0 atom stereocenters. The van der Waals surface area contributed by atoms with Crippen molar-refractivity contribution in [2.45, 2.75) is 6.92 Å². The summed E-state index contributed by atoms with van der Waals surface area (Å²) >= 11 is 1.08. The van der Waals surface area contributed by atoms with Crippen LogP contribution in [0.2, 0.25) is 0 Å². The minimum absolute atomic E-state index is 0.302. The molecule has 1 N–H and O–H groups in total. The van der Waals surface area contributed by atoms with Crippen molar-refractivity contribution in [1.82, 2.24) is 4.98 Å². The summed E-state index contributed by atoms with van der Waals surface area (Å²) in [5.74, 6) is -0.737. The van der Waals surface area contributed by atoms with Gasteiger partial charge in [0.2, 0.25) is 5.91 Å². The van der Waals surface area contributed by atoms with Gasteiger partial charge in [0.25, 0.3) is 0 Å². The molecule has 1 aromatic heterocycles. The van der Waals surface area contributed by atoms with Gasteiger partial charge in [-0.3, -0.25) is 10.1 Å². The summed E-state index contributed by atoms with van der Waals surface area (Å²) in [5.41, 5.74) is 0.930. The quantitative estimate of drug-likeness (QED) is 0.681. The summed E-state index contributed by atoms with van der Waals surface area (Å²) in [6.07, 6.45) is 4.51. The number of amides is 1. The summed E-state index contributed by atoms with van der Waals surface area (Å²) in [5, 5.41) is 2.97. The maximum atomic E-state index is 11.7. The van der Waals surface area contributed by atoms with Gasteiger partial charge >= 0.3 is 5.97 Å². The molecule has 2 rings (SSSR count). The van der Waals surface area contributed by atoms with Crippen LogP contribution in [0.5, 0.6) is 0 Å². The van der Waals surface area contributed by atoms with Crippen LogP contribution in [0.1, 0.15) is 22.2 Å². The van der Waals surface area contributed by atoms with Crippen molar-refractivity contribution in [3.63, 3.8) is 0 Å². The fourth-order valence-electron chi connectivity index (χ4n) is 1.51. The number of nitrogens with zero attached hydrogens (tertiary/aromatic N) is 1. The number of carbonyl (C=O) groups excluding carboxylic acids is 2. The first-order chi connectivity index (χ1) is 10.2. The second-order valence-electron chi connectivity index (χ2n) is 3.98. The molecule has 0 radical (unpaired) electrons. The monoisotopic (exact) mass is 302 g/mol. The number of benzene rings is 1. The molecule has 5 nitrogen and oxygen atoms in total. The largest absolute Gasteiger partial charge is 0.462 e. The van der Waals surface area contributed by atoms with E-state index in [0.717, 1.165) is 16.9 Å². The first kappa shape index (κ1) is 14.9. The second kappa shape index (κ2) is 7.35. The number of aromatic nitrogens is 1. The van der Waals surface area contributed by atoms with E-state index in [-0.39, 0.29) is 5.91 Å². The molecule has 0 bridgehead atoms. The molecule has 0 aliphatic carbocycles. The Kier molecular flexibility index (Phi) is 5.22. The zero-order valence-electron chi connectivity index (χ0n) is 11.4. The number of nitrogens with one attached hydrogen (secondary N) is 1. The first-order valence-electron chi connectivity index (χ1n) is 6.36. The predicted molar refractivity (Wildman–Crippen MR) is 82.2 cm³/mol. The highest BCUT2D eigenvalue weighted by atomic mass is 32.1. The molecule has 0 spiro atoms. The third-order valence-corrected chi connectivity index (χ3v) is 3.33. The van der Waals surface area contributed by atoms with Crippen LogP contribution in [0.25, 0.3) is 6.08 Å². The topological polar surface area (TPSA) is 68.3 Å². The van der Waals surface area contributed by atoms with Crippen LogP contribution in [-0.4, -0.2) is 23.5 Å². The molecule has 0 fully saturated rings. The van der Waals surface area contributed by atoms with Crippen LogP contribution in [0.4, 0.5) is 5.13 Å².